The Kier molecular flexibility index (Phi) is 6.72. The number of carbonyl (C=O) groups excluding carboxylic acids is 3. The van der Waals surface area contributed by atoms with Gasteiger partial charge >= 0.3 is 12.1 Å². The van der Waals surface area contributed by atoms with Crippen molar-refractivity contribution in [2.24, 2.45) is 0 Å². The first-order chi connectivity index (χ1) is 17.3. The number of aryl methyl sites for hydroxylation is 1. The van der Waals surface area contributed by atoms with Crippen LogP contribution in [-0.2, 0) is 28.0 Å². The molecule has 1 aliphatic heterocycles. The third-order valence-corrected chi connectivity index (χ3v) is 11.4. The van der Waals surface area contributed by atoms with Gasteiger partial charge in [0.15, 0.2) is 0 Å². The smallest absolute Gasteiger partial charge is 0.436 e. The van der Waals surface area contributed by atoms with Crippen LogP contribution in [0.15, 0.2) is 18.2 Å². The van der Waals surface area contributed by atoms with Gasteiger partial charge in [0, 0.05) is 10.6 Å². The number of urea groups is 1. The largest absolute Gasteiger partial charge is 0.448 e. The van der Waals surface area contributed by atoms with Gasteiger partial charge in [-0.25, -0.2) is 14.0 Å². The van der Waals surface area contributed by atoms with Gasteiger partial charge in [-0.05, 0) is 51.7 Å². The zero-order valence-corrected chi connectivity index (χ0v) is 23.6. The molecule has 3 amide bonds. The van der Waals surface area contributed by atoms with E-state index in [1.54, 1.807) is 32.9 Å². The Morgan fingerprint density at radius 2 is 1.81 bits per heavy atom. The van der Waals surface area contributed by atoms with Crippen molar-refractivity contribution in [3.05, 3.63) is 40.8 Å². The number of anilines is 2. The number of amides is 3. The normalized spacial score (nSPS) is 17.2. The Bertz CT molecular complexity index is 1260. The van der Waals surface area contributed by atoms with Gasteiger partial charge in [0.1, 0.15) is 11.6 Å². The minimum Gasteiger partial charge on any atom is -0.448 e. The van der Waals surface area contributed by atoms with Crippen LogP contribution in [0, 0.1) is 5.82 Å². The molecule has 37 heavy (non-hydrogen) atoms. The molecule has 0 atom stereocenters. The summed E-state index contributed by atoms with van der Waals surface area (Å²) in [5, 5.41) is 9.83. The number of hydrogen-bond donors (Lipinski definition) is 2. The molecule has 9 nitrogen and oxygen atoms in total. The molecule has 0 radical (unpaired) electrons. The van der Waals surface area contributed by atoms with Crippen molar-refractivity contribution >= 4 is 37.6 Å². The van der Waals surface area contributed by atoms with Crippen LogP contribution in [0.4, 0.5) is 25.5 Å². The monoisotopic (exact) mass is 529 g/mol. The molecular formula is C26H36FN5O4Si. The number of aromatic nitrogens is 2. The first kappa shape index (κ1) is 26.8. The van der Waals surface area contributed by atoms with Gasteiger partial charge in [-0.15, -0.1) is 4.68 Å². The number of ether oxygens (including phenoxy) is 1. The van der Waals surface area contributed by atoms with E-state index >= 15 is 0 Å². The lowest BCUT2D eigenvalue weighted by Crippen LogP contribution is -2.44. The van der Waals surface area contributed by atoms with Crippen molar-refractivity contribution in [1.29, 1.82) is 0 Å². The lowest BCUT2D eigenvalue weighted by molar-refractivity contribution is -0.117. The Labute approximate surface area is 217 Å². The summed E-state index contributed by atoms with van der Waals surface area (Å²) in [6.07, 6.45) is 1.48. The lowest BCUT2D eigenvalue weighted by Gasteiger charge is -2.32. The molecule has 200 valence electrons. The van der Waals surface area contributed by atoms with E-state index in [0.717, 1.165) is 17.5 Å². The van der Waals surface area contributed by atoms with Gasteiger partial charge in [0.2, 0.25) is 5.91 Å². The van der Waals surface area contributed by atoms with Gasteiger partial charge < -0.3 is 20.3 Å². The number of para-hydroxylation sites is 1. The number of carbonyl (C=O) groups is 3. The molecule has 0 bridgehead atoms. The summed E-state index contributed by atoms with van der Waals surface area (Å²) in [7, 11) is -1.84. The fraction of sp³-hybridized carbons (Fsp3) is 0.538. The predicted octanol–water partition coefficient (Wildman–Crippen LogP) is 5.68. The molecular weight excluding hydrogens is 493 g/mol. The summed E-state index contributed by atoms with van der Waals surface area (Å²) < 4.78 is 20.9. The van der Waals surface area contributed by atoms with Gasteiger partial charge in [-0.3, -0.25) is 4.79 Å². The van der Waals surface area contributed by atoms with Crippen LogP contribution < -0.4 is 10.6 Å². The highest BCUT2D eigenvalue weighted by Gasteiger charge is 2.59. The fourth-order valence-electron chi connectivity index (χ4n) is 5.19. The molecule has 1 fully saturated rings. The zero-order chi connectivity index (χ0) is 27.3. The van der Waals surface area contributed by atoms with E-state index in [1.165, 1.54) is 11.0 Å². The zero-order valence-electron chi connectivity index (χ0n) is 22.6. The Hall–Kier alpha value is -3.21. The van der Waals surface area contributed by atoms with Crippen LogP contribution in [0.1, 0.15) is 57.4 Å². The second kappa shape index (κ2) is 9.27. The number of nitrogens with zero attached hydrogens (tertiary/aromatic N) is 3. The summed E-state index contributed by atoms with van der Waals surface area (Å²) in [5.41, 5.74) is 0.936. The van der Waals surface area contributed by atoms with Crippen molar-refractivity contribution in [1.82, 2.24) is 14.7 Å². The Morgan fingerprint density at radius 3 is 2.38 bits per heavy atom. The Balaban J connectivity index is 1.69. The summed E-state index contributed by atoms with van der Waals surface area (Å²) in [4.78, 5) is 41.2. The minimum atomic E-state index is -1.84. The standard InChI is InChI=1S/C26H36FN5O4Si/c1-8-16-11-10-12-18(27)19(16)28-23(34)31-15-17-20(25(31,3)4)30-32(24(35)36-9-2)21(17)29-22(33)26(13-14-26)37(5,6)7/h10-12H,8-9,13-15H2,1-7H3,(H,28,34)(H,29,33). The predicted molar refractivity (Wildman–Crippen MR) is 142 cm³/mol. The van der Waals surface area contributed by atoms with Crippen LogP contribution >= 0.6 is 0 Å². The topological polar surface area (TPSA) is 106 Å². The maximum Gasteiger partial charge on any atom is 0.436 e. The first-order valence-electron chi connectivity index (χ1n) is 12.8. The summed E-state index contributed by atoms with van der Waals surface area (Å²) in [6, 6.07) is 4.19. The highest BCUT2D eigenvalue weighted by atomic mass is 28.3. The molecule has 2 aromatic rings. The lowest BCUT2D eigenvalue weighted by atomic mass is 10.0. The molecule has 0 spiro atoms. The van der Waals surface area contributed by atoms with Crippen molar-refractivity contribution in [3.63, 3.8) is 0 Å². The van der Waals surface area contributed by atoms with E-state index < -0.39 is 36.6 Å². The summed E-state index contributed by atoms with van der Waals surface area (Å²) in [6.45, 7) is 13.9. The molecule has 11 heteroatoms. The third-order valence-electron chi connectivity index (χ3n) is 7.80. The van der Waals surface area contributed by atoms with Crippen molar-refractivity contribution in [3.8, 4) is 0 Å². The van der Waals surface area contributed by atoms with Crippen molar-refractivity contribution in [2.75, 3.05) is 17.2 Å². The number of nitrogens with one attached hydrogen (secondary N) is 2. The van der Waals surface area contributed by atoms with E-state index in [1.807, 2.05) is 6.92 Å². The first-order valence-corrected chi connectivity index (χ1v) is 16.3. The Morgan fingerprint density at radius 1 is 1.14 bits per heavy atom. The molecule has 2 heterocycles. The molecule has 0 saturated heterocycles. The molecule has 1 aliphatic carbocycles. The molecule has 1 saturated carbocycles. The number of halogens is 1. The van der Waals surface area contributed by atoms with Crippen molar-refractivity contribution < 1.29 is 23.5 Å². The second-order valence-corrected chi connectivity index (χ2v) is 16.7. The van der Waals surface area contributed by atoms with Crippen LogP contribution in [0.25, 0.3) is 0 Å². The molecule has 1 aromatic heterocycles. The van der Waals surface area contributed by atoms with Gasteiger partial charge in [-0.2, -0.15) is 5.10 Å². The number of fused-ring (bicyclic) bond motifs is 1. The average Bonchev–Trinajstić information content (AvgIpc) is 3.51. The number of benzene rings is 1. The maximum absolute atomic E-state index is 14.6. The van der Waals surface area contributed by atoms with E-state index in [-0.39, 0.29) is 30.6 Å². The van der Waals surface area contributed by atoms with Gasteiger partial charge in [-0.1, -0.05) is 38.7 Å². The SMILES string of the molecule is CCOC(=O)n1nc2c(c1NC(=O)C1([Si](C)(C)C)CC1)CN(C(=O)Nc1c(F)cccc1CC)C2(C)C. The van der Waals surface area contributed by atoms with Gasteiger partial charge in [0.05, 0.1) is 38.1 Å². The highest BCUT2D eigenvalue weighted by molar-refractivity contribution is 6.83. The number of hydrogen-bond acceptors (Lipinski definition) is 5. The fourth-order valence-corrected chi connectivity index (χ4v) is 7.56. The van der Waals surface area contributed by atoms with E-state index in [4.69, 9.17) is 4.74 Å². The molecule has 4 rings (SSSR count). The van der Waals surface area contributed by atoms with E-state index in [2.05, 4.69) is 35.4 Å². The molecule has 2 aliphatic rings. The van der Waals surface area contributed by atoms with Crippen LogP contribution in [0.3, 0.4) is 0 Å². The van der Waals surface area contributed by atoms with Crippen LogP contribution in [-0.4, -0.2) is 47.4 Å². The second-order valence-electron chi connectivity index (χ2n) is 11.3. The minimum absolute atomic E-state index is 0.0824. The van der Waals surface area contributed by atoms with Crippen LogP contribution in [0.2, 0.25) is 24.7 Å². The van der Waals surface area contributed by atoms with Gasteiger partial charge in [0.25, 0.3) is 0 Å². The molecule has 2 N–H and O–H groups in total. The molecule has 1 aromatic carbocycles. The molecule has 0 unspecified atom stereocenters. The van der Waals surface area contributed by atoms with E-state index in [9.17, 15) is 18.8 Å². The summed E-state index contributed by atoms with van der Waals surface area (Å²) >= 11 is 0. The average molecular weight is 530 g/mol. The highest BCUT2D eigenvalue weighted by Crippen LogP contribution is 2.61. The van der Waals surface area contributed by atoms with Crippen LogP contribution in [0.5, 0.6) is 0 Å². The number of rotatable bonds is 6. The third kappa shape index (κ3) is 4.43. The maximum atomic E-state index is 14.6. The summed E-state index contributed by atoms with van der Waals surface area (Å²) in [5.74, 6) is -0.407. The quantitative estimate of drug-likeness (QED) is 0.468. The van der Waals surface area contributed by atoms with E-state index in [0.29, 0.717) is 23.2 Å². The van der Waals surface area contributed by atoms with Crippen molar-refractivity contribution in [2.45, 2.75) is 83.7 Å².